The number of aromatic nitrogens is 1. The summed E-state index contributed by atoms with van der Waals surface area (Å²) in [7, 11) is 0. The van der Waals surface area contributed by atoms with Crippen LogP contribution < -0.4 is 4.74 Å². The van der Waals surface area contributed by atoms with Crippen LogP contribution in [0, 0.1) is 0 Å². The van der Waals surface area contributed by atoms with Crippen LogP contribution in [0.4, 0.5) is 0 Å². The number of rotatable bonds is 6. The average molecular weight is 313 g/mol. The summed E-state index contributed by atoms with van der Waals surface area (Å²) in [5.74, 6) is 0.972. The largest absolute Gasteiger partial charge is 0.494 e. The summed E-state index contributed by atoms with van der Waals surface area (Å²) >= 11 is 1.93. The molecule has 1 unspecified atom stereocenters. The molecule has 0 saturated heterocycles. The summed E-state index contributed by atoms with van der Waals surface area (Å²) in [6.07, 6.45) is 7.84. The molecule has 0 aliphatic heterocycles. The highest BCUT2D eigenvalue weighted by Crippen LogP contribution is 2.42. The third-order valence-electron chi connectivity index (χ3n) is 4.01. The highest BCUT2D eigenvalue weighted by Gasteiger charge is 2.22. The molecule has 1 aliphatic rings. The molecule has 1 aromatic carbocycles. The molecule has 1 aliphatic carbocycles. The van der Waals surface area contributed by atoms with E-state index in [1.165, 1.54) is 41.8 Å². The van der Waals surface area contributed by atoms with E-state index in [1.54, 1.807) is 0 Å². The molecule has 2 nitrogen and oxygen atoms in total. The first kappa shape index (κ1) is 15.4. The van der Waals surface area contributed by atoms with Gasteiger partial charge in [0.1, 0.15) is 5.75 Å². The van der Waals surface area contributed by atoms with Crippen molar-refractivity contribution in [2.45, 2.75) is 49.2 Å². The van der Waals surface area contributed by atoms with Crippen molar-refractivity contribution >= 4 is 11.8 Å². The summed E-state index contributed by atoms with van der Waals surface area (Å²) < 4.78 is 5.73. The summed E-state index contributed by atoms with van der Waals surface area (Å²) in [6.45, 7) is 2.99. The smallest absolute Gasteiger partial charge is 0.119 e. The fourth-order valence-electron chi connectivity index (χ4n) is 2.79. The second kappa shape index (κ2) is 7.68. The Labute approximate surface area is 137 Å². The Kier molecular flexibility index (Phi) is 5.38. The Morgan fingerprint density at radius 3 is 2.91 bits per heavy atom. The van der Waals surface area contributed by atoms with E-state index in [9.17, 15) is 0 Å². The van der Waals surface area contributed by atoms with Gasteiger partial charge in [-0.25, -0.2) is 0 Å². The predicted octanol–water partition coefficient (Wildman–Crippen LogP) is 5.43. The zero-order valence-corrected chi connectivity index (χ0v) is 13.9. The van der Waals surface area contributed by atoms with Crippen molar-refractivity contribution in [2.24, 2.45) is 0 Å². The predicted molar refractivity (Wildman–Crippen MR) is 92.6 cm³/mol. The number of hydrogen-bond donors (Lipinski definition) is 0. The molecule has 0 fully saturated rings. The zero-order chi connectivity index (χ0) is 15.2. The summed E-state index contributed by atoms with van der Waals surface area (Å²) in [6, 6.07) is 12.8. The third kappa shape index (κ3) is 3.83. The zero-order valence-electron chi connectivity index (χ0n) is 13.1. The van der Waals surface area contributed by atoms with Gasteiger partial charge in [-0.1, -0.05) is 19.4 Å². The van der Waals surface area contributed by atoms with Crippen molar-refractivity contribution < 1.29 is 4.74 Å². The molecule has 22 heavy (non-hydrogen) atoms. The van der Waals surface area contributed by atoms with Gasteiger partial charge in [-0.3, -0.25) is 4.98 Å². The van der Waals surface area contributed by atoms with Gasteiger partial charge in [0.25, 0.3) is 0 Å². The van der Waals surface area contributed by atoms with E-state index in [-0.39, 0.29) is 0 Å². The summed E-state index contributed by atoms with van der Waals surface area (Å²) in [4.78, 5) is 5.92. The number of pyridine rings is 1. The van der Waals surface area contributed by atoms with Gasteiger partial charge >= 0.3 is 0 Å². The maximum Gasteiger partial charge on any atom is 0.119 e. The molecule has 0 saturated carbocycles. The minimum absolute atomic E-state index is 0.483. The Morgan fingerprint density at radius 1 is 1.23 bits per heavy atom. The van der Waals surface area contributed by atoms with E-state index in [4.69, 9.17) is 4.74 Å². The SMILES string of the molecule is CCCCOc1ccc(SC2CCCc3cccnc32)cc1. The number of aryl methyl sites for hydroxylation is 1. The lowest BCUT2D eigenvalue weighted by Gasteiger charge is -2.23. The minimum Gasteiger partial charge on any atom is -0.494 e. The molecular formula is C19H23NOS. The first-order valence-electron chi connectivity index (χ1n) is 8.20. The van der Waals surface area contributed by atoms with E-state index in [0.29, 0.717) is 5.25 Å². The highest BCUT2D eigenvalue weighted by molar-refractivity contribution is 7.99. The van der Waals surface area contributed by atoms with E-state index >= 15 is 0 Å². The van der Waals surface area contributed by atoms with Crippen LogP contribution in [0.15, 0.2) is 47.5 Å². The van der Waals surface area contributed by atoms with Crippen molar-refractivity contribution in [1.29, 1.82) is 0 Å². The summed E-state index contributed by atoms with van der Waals surface area (Å²) in [5.41, 5.74) is 2.70. The molecule has 0 spiro atoms. The lowest BCUT2D eigenvalue weighted by atomic mass is 9.96. The number of nitrogens with zero attached hydrogens (tertiary/aromatic N) is 1. The van der Waals surface area contributed by atoms with Gasteiger partial charge < -0.3 is 4.74 Å². The monoisotopic (exact) mass is 313 g/mol. The van der Waals surface area contributed by atoms with E-state index in [0.717, 1.165) is 18.8 Å². The number of fused-ring (bicyclic) bond motifs is 1. The number of hydrogen-bond acceptors (Lipinski definition) is 3. The van der Waals surface area contributed by atoms with Crippen LogP contribution in [-0.2, 0) is 6.42 Å². The van der Waals surface area contributed by atoms with Crippen LogP contribution in [0.25, 0.3) is 0 Å². The maximum atomic E-state index is 5.73. The standard InChI is InChI=1S/C19H23NOS/c1-2-3-14-21-16-9-11-17(12-10-16)22-18-8-4-6-15-7-5-13-20-19(15)18/h5,7,9-13,18H,2-4,6,8,14H2,1H3. The van der Waals surface area contributed by atoms with Crippen molar-refractivity contribution in [3.8, 4) is 5.75 Å². The normalized spacial score (nSPS) is 17.0. The van der Waals surface area contributed by atoms with Gasteiger partial charge in [0, 0.05) is 11.1 Å². The van der Waals surface area contributed by atoms with Gasteiger partial charge in [0.2, 0.25) is 0 Å². The molecule has 1 heterocycles. The van der Waals surface area contributed by atoms with Crippen molar-refractivity contribution in [1.82, 2.24) is 4.98 Å². The lowest BCUT2D eigenvalue weighted by molar-refractivity contribution is 0.309. The van der Waals surface area contributed by atoms with E-state index in [1.807, 2.05) is 24.0 Å². The average Bonchev–Trinajstić information content (AvgIpc) is 2.57. The van der Waals surface area contributed by atoms with Crippen molar-refractivity contribution in [2.75, 3.05) is 6.61 Å². The topological polar surface area (TPSA) is 22.1 Å². The van der Waals surface area contributed by atoms with Gasteiger partial charge in [0.05, 0.1) is 17.6 Å². The second-order valence-electron chi connectivity index (χ2n) is 5.72. The molecule has 0 radical (unpaired) electrons. The molecule has 3 heteroatoms. The van der Waals surface area contributed by atoms with Gasteiger partial charge in [-0.2, -0.15) is 0 Å². The number of unbranched alkanes of at least 4 members (excludes halogenated alkanes) is 1. The van der Waals surface area contributed by atoms with E-state index < -0.39 is 0 Å². The number of ether oxygens (including phenoxy) is 1. The molecule has 1 aromatic heterocycles. The third-order valence-corrected chi connectivity index (χ3v) is 5.30. The quantitative estimate of drug-likeness (QED) is 0.664. The van der Waals surface area contributed by atoms with Crippen molar-refractivity contribution in [3.63, 3.8) is 0 Å². The van der Waals surface area contributed by atoms with Crippen LogP contribution in [-0.4, -0.2) is 11.6 Å². The first-order chi connectivity index (χ1) is 10.9. The Balaban J connectivity index is 1.64. The number of thioether (sulfide) groups is 1. The van der Waals surface area contributed by atoms with Crippen LogP contribution in [0.3, 0.4) is 0 Å². The molecule has 0 N–H and O–H groups in total. The fourth-order valence-corrected chi connectivity index (χ4v) is 4.02. The van der Waals surface area contributed by atoms with Crippen LogP contribution in [0.2, 0.25) is 0 Å². The van der Waals surface area contributed by atoms with Gasteiger partial charge in [0.15, 0.2) is 0 Å². The Hall–Kier alpha value is -1.48. The van der Waals surface area contributed by atoms with E-state index in [2.05, 4.69) is 42.2 Å². The van der Waals surface area contributed by atoms with Gasteiger partial charge in [-0.05, 0) is 61.6 Å². The van der Waals surface area contributed by atoms with Gasteiger partial charge in [-0.15, -0.1) is 11.8 Å². The summed E-state index contributed by atoms with van der Waals surface area (Å²) in [5, 5.41) is 0.483. The number of benzene rings is 1. The molecule has 0 bridgehead atoms. The maximum absolute atomic E-state index is 5.73. The fraction of sp³-hybridized carbons (Fsp3) is 0.421. The Bertz CT molecular complexity index is 597. The highest BCUT2D eigenvalue weighted by atomic mass is 32.2. The van der Waals surface area contributed by atoms with Crippen LogP contribution in [0.5, 0.6) is 5.75 Å². The molecular weight excluding hydrogens is 290 g/mol. The molecule has 1 atom stereocenters. The molecule has 3 rings (SSSR count). The molecule has 0 amide bonds. The lowest BCUT2D eigenvalue weighted by Crippen LogP contribution is -2.09. The minimum atomic E-state index is 0.483. The first-order valence-corrected chi connectivity index (χ1v) is 9.08. The van der Waals surface area contributed by atoms with Crippen LogP contribution in [0.1, 0.15) is 49.1 Å². The van der Waals surface area contributed by atoms with Crippen LogP contribution >= 0.6 is 11.8 Å². The van der Waals surface area contributed by atoms with Crippen molar-refractivity contribution in [3.05, 3.63) is 53.9 Å². The molecule has 2 aromatic rings. The molecule has 116 valence electrons. The Morgan fingerprint density at radius 2 is 2.09 bits per heavy atom. The second-order valence-corrected chi connectivity index (χ2v) is 7.00.